The third-order valence-corrected chi connectivity index (χ3v) is 4.20. The van der Waals surface area contributed by atoms with Gasteiger partial charge in [-0.15, -0.1) is 0 Å². The minimum atomic E-state index is -0.0206. The number of benzene rings is 1. The van der Waals surface area contributed by atoms with Crippen LogP contribution in [0, 0.1) is 0 Å². The van der Waals surface area contributed by atoms with Gasteiger partial charge in [0.2, 0.25) is 0 Å². The monoisotopic (exact) mass is 439 g/mol. The number of rotatable bonds is 7. The van der Waals surface area contributed by atoms with E-state index in [-0.39, 0.29) is 30.3 Å². The van der Waals surface area contributed by atoms with Crippen molar-refractivity contribution in [2.24, 2.45) is 0 Å². The standard InChI is InChI=1S/C17H27ClNO2.HI/c1-19(2,3)12-13-20-17-11-10-15(21-17)9-8-14-6-4-5-7-16(14)18;/h4-7,15,17H,8-13H2,1-3H3;1H/q+1;/p-1. The first-order chi connectivity index (χ1) is 9.94. The van der Waals surface area contributed by atoms with Gasteiger partial charge < -0.3 is 37.9 Å². The summed E-state index contributed by atoms with van der Waals surface area (Å²) in [5.41, 5.74) is 1.21. The largest absolute Gasteiger partial charge is 1.00 e. The highest BCUT2D eigenvalue weighted by molar-refractivity contribution is 6.31. The molecule has 1 fully saturated rings. The molecule has 0 aromatic heterocycles. The van der Waals surface area contributed by atoms with E-state index >= 15 is 0 Å². The van der Waals surface area contributed by atoms with E-state index < -0.39 is 0 Å². The normalized spacial score (nSPS) is 21.6. The van der Waals surface area contributed by atoms with Crippen molar-refractivity contribution in [2.75, 3.05) is 34.3 Å². The predicted molar refractivity (Wildman–Crippen MR) is 86.5 cm³/mol. The van der Waals surface area contributed by atoms with Crippen LogP contribution in [0.15, 0.2) is 24.3 Å². The summed E-state index contributed by atoms with van der Waals surface area (Å²) in [6.45, 7) is 1.76. The molecule has 1 aliphatic heterocycles. The van der Waals surface area contributed by atoms with Crippen LogP contribution in [0.2, 0.25) is 5.02 Å². The molecule has 0 radical (unpaired) electrons. The number of hydrogen-bond donors (Lipinski definition) is 0. The number of nitrogens with zero attached hydrogens (tertiary/aromatic N) is 1. The first-order valence-electron chi connectivity index (χ1n) is 7.75. The molecule has 2 rings (SSSR count). The molecule has 22 heavy (non-hydrogen) atoms. The molecule has 1 aromatic carbocycles. The molecule has 1 heterocycles. The summed E-state index contributed by atoms with van der Waals surface area (Å²) in [7, 11) is 6.52. The Morgan fingerprint density at radius 2 is 1.95 bits per heavy atom. The number of likely N-dealkylation sites (N-methyl/N-ethyl adjacent to an activating group) is 1. The third kappa shape index (κ3) is 7.13. The number of halogens is 2. The van der Waals surface area contributed by atoms with Gasteiger partial charge in [0.05, 0.1) is 33.9 Å². The second-order valence-electron chi connectivity index (χ2n) is 6.78. The summed E-state index contributed by atoms with van der Waals surface area (Å²) in [6, 6.07) is 8.04. The molecule has 1 aliphatic rings. The summed E-state index contributed by atoms with van der Waals surface area (Å²) in [5, 5.41) is 0.853. The van der Waals surface area contributed by atoms with Gasteiger partial charge in [-0.25, -0.2) is 0 Å². The Bertz CT molecular complexity index is 451. The quantitative estimate of drug-likeness (QED) is 0.455. The van der Waals surface area contributed by atoms with E-state index in [0.717, 1.165) is 48.3 Å². The van der Waals surface area contributed by atoms with Crippen LogP contribution in [-0.2, 0) is 15.9 Å². The number of quaternary nitrogens is 1. The van der Waals surface area contributed by atoms with Crippen molar-refractivity contribution in [1.29, 1.82) is 0 Å². The molecule has 5 heteroatoms. The van der Waals surface area contributed by atoms with Crippen LogP contribution < -0.4 is 24.0 Å². The van der Waals surface area contributed by atoms with Gasteiger partial charge in [-0.3, -0.25) is 0 Å². The van der Waals surface area contributed by atoms with Crippen LogP contribution in [0.1, 0.15) is 24.8 Å². The van der Waals surface area contributed by atoms with E-state index in [9.17, 15) is 0 Å². The van der Waals surface area contributed by atoms with E-state index in [1.54, 1.807) is 0 Å². The first-order valence-corrected chi connectivity index (χ1v) is 8.13. The molecule has 0 spiro atoms. The van der Waals surface area contributed by atoms with Gasteiger partial charge in [-0.1, -0.05) is 29.8 Å². The zero-order valence-corrected chi connectivity index (χ0v) is 16.6. The van der Waals surface area contributed by atoms with Crippen molar-refractivity contribution >= 4 is 11.6 Å². The van der Waals surface area contributed by atoms with Crippen molar-refractivity contribution in [1.82, 2.24) is 0 Å². The molecule has 3 nitrogen and oxygen atoms in total. The minimum Gasteiger partial charge on any atom is -1.00 e. The lowest BCUT2D eigenvalue weighted by atomic mass is 10.1. The van der Waals surface area contributed by atoms with Crippen molar-refractivity contribution in [3.63, 3.8) is 0 Å². The second kappa shape index (κ2) is 9.42. The Morgan fingerprint density at radius 3 is 2.64 bits per heavy atom. The maximum atomic E-state index is 6.18. The van der Waals surface area contributed by atoms with E-state index in [2.05, 4.69) is 27.2 Å². The van der Waals surface area contributed by atoms with E-state index in [0.29, 0.717) is 6.10 Å². The summed E-state index contributed by atoms with van der Waals surface area (Å²) in [5.74, 6) is 0. The van der Waals surface area contributed by atoms with Crippen molar-refractivity contribution in [3.8, 4) is 0 Å². The van der Waals surface area contributed by atoms with E-state index in [4.69, 9.17) is 21.1 Å². The maximum absolute atomic E-state index is 6.18. The summed E-state index contributed by atoms with van der Waals surface area (Å²) < 4.78 is 12.7. The lowest BCUT2D eigenvalue weighted by Crippen LogP contribution is -3.00. The number of ether oxygens (including phenoxy) is 2. The van der Waals surface area contributed by atoms with Gasteiger partial charge in [-0.05, 0) is 30.9 Å². The van der Waals surface area contributed by atoms with Crippen molar-refractivity contribution < 1.29 is 37.9 Å². The summed E-state index contributed by atoms with van der Waals surface area (Å²) >= 11 is 6.18. The number of aryl methyl sites for hydroxylation is 1. The average molecular weight is 440 g/mol. The summed E-state index contributed by atoms with van der Waals surface area (Å²) in [6.07, 6.45) is 4.35. The van der Waals surface area contributed by atoms with Crippen LogP contribution in [0.25, 0.3) is 0 Å². The van der Waals surface area contributed by atoms with Gasteiger partial charge in [0.25, 0.3) is 0 Å². The fourth-order valence-corrected chi connectivity index (χ4v) is 2.71. The molecule has 2 atom stereocenters. The van der Waals surface area contributed by atoms with Crippen molar-refractivity contribution in [3.05, 3.63) is 34.9 Å². The molecule has 0 amide bonds. The van der Waals surface area contributed by atoms with Crippen LogP contribution in [0.3, 0.4) is 0 Å². The fourth-order valence-electron chi connectivity index (χ4n) is 2.48. The Kier molecular flexibility index (Phi) is 8.64. The molecule has 0 bridgehead atoms. The molecule has 0 saturated carbocycles. The Hall–Kier alpha value is 0.120. The average Bonchev–Trinajstić information content (AvgIpc) is 2.84. The molecule has 1 aromatic rings. The summed E-state index contributed by atoms with van der Waals surface area (Å²) in [4.78, 5) is 0. The third-order valence-electron chi connectivity index (χ3n) is 3.83. The maximum Gasteiger partial charge on any atom is 0.158 e. The van der Waals surface area contributed by atoms with Crippen LogP contribution in [0.4, 0.5) is 0 Å². The van der Waals surface area contributed by atoms with Gasteiger partial charge in [-0.2, -0.15) is 0 Å². The highest BCUT2D eigenvalue weighted by Crippen LogP contribution is 2.25. The van der Waals surface area contributed by atoms with Gasteiger partial charge in [0.15, 0.2) is 6.29 Å². The molecule has 0 aliphatic carbocycles. The second-order valence-corrected chi connectivity index (χ2v) is 7.19. The van der Waals surface area contributed by atoms with Gasteiger partial charge >= 0.3 is 0 Å². The van der Waals surface area contributed by atoms with E-state index in [1.807, 2.05) is 18.2 Å². The Morgan fingerprint density at radius 1 is 1.23 bits per heavy atom. The predicted octanol–water partition coefficient (Wildman–Crippen LogP) is 0.505. The Balaban J connectivity index is 0.00000242. The zero-order chi connectivity index (χ0) is 15.3. The topological polar surface area (TPSA) is 18.5 Å². The minimum absolute atomic E-state index is 0. The van der Waals surface area contributed by atoms with Crippen LogP contribution >= 0.6 is 11.6 Å². The molecular weight excluding hydrogens is 413 g/mol. The molecule has 126 valence electrons. The van der Waals surface area contributed by atoms with Crippen LogP contribution in [-0.4, -0.2) is 51.2 Å². The smallest absolute Gasteiger partial charge is 0.158 e. The highest BCUT2D eigenvalue weighted by atomic mass is 127. The Labute approximate surface area is 156 Å². The lowest BCUT2D eigenvalue weighted by molar-refractivity contribution is -0.871. The zero-order valence-electron chi connectivity index (χ0n) is 13.7. The number of hydrogen-bond acceptors (Lipinski definition) is 2. The molecule has 2 unspecified atom stereocenters. The van der Waals surface area contributed by atoms with Gasteiger partial charge in [0, 0.05) is 11.4 Å². The van der Waals surface area contributed by atoms with E-state index in [1.165, 1.54) is 5.56 Å². The first kappa shape index (κ1) is 20.2. The van der Waals surface area contributed by atoms with Gasteiger partial charge in [0.1, 0.15) is 6.54 Å². The van der Waals surface area contributed by atoms with Crippen LogP contribution in [0.5, 0.6) is 0 Å². The molecular formula is C17H27ClINO2. The highest BCUT2D eigenvalue weighted by Gasteiger charge is 2.26. The fraction of sp³-hybridized carbons (Fsp3) is 0.647. The lowest BCUT2D eigenvalue weighted by Gasteiger charge is -2.24. The molecule has 0 N–H and O–H groups in total. The van der Waals surface area contributed by atoms with Crippen molar-refractivity contribution in [2.45, 2.75) is 38.1 Å². The molecule has 1 saturated heterocycles. The SMILES string of the molecule is C[N+](C)(C)CCOC1CCC(CCc2ccccc2Cl)O1.[I-].